The highest BCUT2D eigenvalue weighted by molar-refractivity contribution is 9.11. The van der Waals surface area contributed by atoms with Gasteiger partial charge in [0.15, 0.2) is 3.92 Å². The fourth-order valence-corrected chi connectivity index (χ4v) is 2.70. The Morgan fingerprint density at radius 2 is 2.43 bits per heavy atom. The van der Waals surface area contributed by atoms with Crippen molar-refractivity contribution < 1.29 is 4.79 Å². The van der Waals surface area contributed by atoms with Gasteiger partial charge in [-0.05, 0) is 21.8 Å². The number of hydrogen-bond donors (Lipinski definition) is 0. The summed E-state index contributed by atoms with van der Waals surface area (Å²) >= 11 is 10.3. The lowest BCUT2D eigenvalue weighted by Gasteiger charge is -2.10. The standard InChI is InChI=1S/C7H7BrClN3OS/c8-6-10-11-7(14-6)12-3-4(2-9)1-5(12)13/h4H,1-3H2. The summed E-state index contributed by atoms with van der Waals surface area (Å²) in [5, 5.41) is 8.35. The second-order valence-electron chi connectivity index (χ2n) is 3.07. The van der Waals surface area contributed by atoms with Gasteiger partial charge in [0.05, 0.1) is 0 Å². The second kappa shape index (κ2) is 4.12. The minimum atomic E-state index is 0.0827. The van der Waals surface area contributed by atoms with Gasteiger partial charge in [-0.15, -0.1) is 21.8 Å². The summed E-state index contributed by atoms with van der Waals surface area (Å²) in [6.45, 7) is 0.657. The van der Waals surface area contributed by atoms with Gasteiger partial charge in [-0.3, -0.25) is 9.69 Å². The Kier molecular flexibility index (Phi) is 3.04. The van der Waals surface area contributed by atoms with Gasteiger partial charge in [0.2, 0.25) is 11.0 Å². The number of carbonyl (C=O) groups excluding carboxylic acids is 1. The molecule has 1 aromatic heterocycles. The lowest BCUT2D eigenvalue weighted by Crippen LogP contribution is -2.24. The number of rotatable bonds is 2. The monoisotopic (exact) mass is 295 g/mol. The summed E-state index contributed by atoms with van der Waals surface area (Å²) in [4.78, 5) is 13.2. The summed E-state index contributed by atoms with van der Waals surface area (Å²) in [5.74, 6) is 0.841. The molecule has 4 nitrogen and oxygen atoms in total. The van der Waals surface area contributed by atoms with Crippen molar-refractivity contribution in [3.63, 3.8) is 0 Å². The molecule has 1 fully saturated rings. The van der Waals surface area contributed by atoms with E-state index in [1.54, 1.807) is 4.90 Å². The average Bonchev–Trinajstić information content (AvgIpc) is 2.71. The van der Waals surface area contributed by atoms with Gasteiger partial charge in [-0.2, -0.15) is 0 Å². The van der Waals surface area contributed by atoms with Crippen LogP contribution in [0.25, 0.3) is 0 Å². The molecule has 0 bridgehead atoms. The van der Waals surface area contributed by atoms with E-state index in [1.165, 1.54) is 11.3 Å². The highest BCUT2D eigenvalue weighted by Crippen LogP contribution is 2.29. The summed E-state index contributed by atoms with van der Waals surface area (Å²) < 4.78 is 0.689. The molecular weight excluding hydrogens is 290 g/mol. The topological polar surface area (TPSA) is 46.1 Å². The Morgan fingerprint density at radius 1 is 1.64 bits per heavy atom. The zero-order valence-electron chi connectivity index (χ0n) is 7.11. The molecule has 1 atom stereocenters. The largest absolute Gasteiger partial charge is 0.286 e. The first-order valence-corrected chi connectivity index (χ1v) is 6.20. The third-order valence-electron chi connectivity index (χ3n) is 2.04. The lowest BCUT2D eigenvalue weighted by atomic mass is 10.2. The van der Waals surface area contributed by atoms with Crippen molar-refractivity contribution in [3.8, 4) is 0 Å². The van der Waals surface area contributed by atoms with Crippen molar-refractivity contribution in [2.24, 2.45) is 5.92 Å². The van der Waals surface area contributed by atoms with Crippen molar-refractivity contribution in [2.45, 2.75) is 6.42 Å². The van der Waals surface area contributed by atoms with Crippen LogP contribution >= 0.6 is 38.9 Å². The molecule has 14 heavy (non-hydrogen) atoms. The third-order valence-corrected chi connectivity index (χ3v) is 3.86. The van der Waals surface area contributed by atoms with Crippen LogP contribution in [0.5, 0.6) is 0 Å². The Morgan fingerprint density at radius 3 is 2.93 bits per heavy atom. The van der Waals surface area contributed by atoms with E-state index in [4.69, 9.17) is 11.6 Å². The van der Waals surface area contributed by atoms with Crippen LogP contribution in [-0.4, -0.2) is 28.5 Å². The maximum atomic E-state index is 11.5. The molecule has 76 valence electrons. The van der Waals surface area contributed by atoms with Crippen LogP contribution in [0.2, 0.25) is 0 Å². The lowest BCUT2D eigenvalue weighted by molar-refractivity contribution is -0.117. The molecule has 0 aliphatic carbocycles. The molecular formula is C7H7BrClN3OS. The van der Waals surface area contributed by atoms with E-state index in [1.807, 2.05) is 0 Å². The fourth-order valence-electron chi connectivity index (χ4n) is 1.38. The van der Waals surface area contributed by atoms with Crippen LogP contribution in [0.1, 0.15) is 6.42 Å². The predicted octanol–water partition coefficient (Wildman–Crippen LogP) is 1.89. The van der Waals surface area contributed by atoms with E-state index in [9.17, 15) is 4.79 Å². The number of amides is 1. The van der Waals surface area contributed by atoms with E-state index in [0.29, 0.717) is 27.9 Å². The van der Waals surface area contributed by atoms with E-state index in [0.717, 1.165) is 0 Å². The van der Waals surface area contributed by atoms with Gasteiger partial charge >= 0.3 is 0 Å². The van der Waals surface area contributed by atoms with Crippen molar-refractivity contribution in [3.05, 3.63) is 3.92 Å². The maximum Gasteiger partial charge on any atom is 0.229 e. The number of hydrogen-bond acceptors (Lipinski definition) is 4. The fraction of sp³-hybridized carbons (Fsp3) is 0.571. The number of halogens is 2. The minimum absolute atomic E-state index is 0.0827. The molecule has 7 heteroatoms. The Labute approximate surface area is 98.4 Å². The van der Waals surface area contributed by atoms with Gasteiger partial charge in [-0.25, -0.2) is 0 Å². The number of nitrogens with zero attached hydrogens (tertiary/aromatic N) is 3. The SMILES string of the molecule is O=C1CC(CCl)CN1c1nnc(Br)s1. The van der Waals surface area contributed by atoms with Crippen LogP contribution in [-0.2, 0) is 4.79 Å². The molecule has 0 saturated carbocycles. The van der Waals surface area contributed by atoms with E-state index >= 15 is 0 Å². The Bertz CT molecular complexity index is 358. The van der Waals surface area contributed by atoms with Crippen molar-refractivity contribution >= 4 is 49.9 Å². The average molecular weight is 297 g/mol. The van der Waals surface area contributed by atoms with E-state index in [2.05, 4.69) is 26.1 Å². The van der Waals surface area contributed by atoms with Crippen LogP contribution in [0.3, 0.4) is 0 Å². The van der Waals surface area contributed by atoms with Crippen LogP contribution in [0.4, 0.5) is 5.13 Å². The molecule has 2 rings (SSSR count). The first-order valence-electron chi connectivity index (χ1n) is 4.06. The van der Waals surface area contributed by atoms with Gasteiger partial charge in [0.1, 0.15) is 0 Å². The second-order valence-corrected chi connectivity index (χ2v) is 5.61. The first kappa shape index (κ1) is 10.3. The molecule has 1 amide bonds. The van der Waals surface area contributed by atoms with Gasteiger partial charge in [0, 0.05) is 18.8 Å². The highest BCUT2D eigenvalue weighted by atomic mass is 79.9. The Hall–Kier alpha value is -0.200. The minimum Gasteiger partial charge on any atom is -0.286 e. The number of alkyl halides is 1. The number of anilines is 1. The Balaban J connectivity index is 2.16. The van der Waals surface area contributed by atoms with Crippen molar-refractivity contribution in [2.75, 3.05) is 17.3 Å². The molecule has 2 heterocycles. The zero-order chi connectivity index (χ0) is 10.1. The summed E-state index contributed by atoms with van der Waals surface area (Å²) in [7, 11) is 0. The van der Waals surface area contributed by atoms with Crippen molar-refractivity contribution in [1.29, 1.82) is 0 Å². The quantitative estimate of drug-likeness (QED) is 0.783. The van der Waals surface area contributed by atoms with Crippen LogP contribution in [0.15, 0.2) is 3.92 Å². The number of aromatic nitrogens is 2. The normalized spacial score (nSPS) is 22.0. The van der Waals surface area contributed by atoms with Crippen LogP contribution in [0, 0.1) is 5.92 Å². The number of carbonyl (C=O) groups is 1. The molecule has 1 aliphatic heterocycles. The first-order chi connectivity index (χ1) is 6.70. The maximum absolute atomic E-state index is 11.5. The zero-order valence-corrected chi connectivity index (χ0v) is 10.3. The van der Waals surface area contributed by atoms with E-state index in [-0.39, 0.29) is 11.8 Å². The molecule has 0 spiro atoms. The molecule has 1 saturated heterocycles. The molecule has 1 aromatic rings. The molecule has 0 N–H and O–H groups in total. The highest BCUT2D eigenvalue weighted by Gasteiger charge is 2.31. The van der Waals surface area contributed by atoms with E-state index < -0.39 is 0 Å². The summed E-state index contributed by atoms with van der Waals surface area (Å²) in [6, 6.07) is 0. The molecule has 0 radical (unpaired) electrons. The van der Waals surface area contributed by atoms with Crippen LogP contribution < -0.4 is 4.90 Å². The third kappa shape index (κ3) is 1.92. The van der Waals surface area contributed by atoms with Gasteiger partial charge in [-0.1, -0.05) is 11.3 Å². The molecule has 0 aromatic carbocycles. The molecule has 1 unspecified atom stereocenters. The smallest absolute Gasteiger partial charge is 0.229 e. The predicted molar refractivity (Wildman–Crippen MR) is 58.8 cm³/mol. The molecule has 1 aliphatic rings. The summed E-state index contributed by atoms with van der Waals surface area (Å²) in [6.07, 6.45) is 0.515. The van der Waals surface area contributed by atoms with Gasteiger partial charge in [0.25, 0.3) is 0 Å². The van der Waals surface area contributed by atoms with Gasteiger partial charge < -0.3 is 0 Å². The summed E-state index contributed by atoms with van der Waals surface area (Å²) in [5.41, 5.74) is 0. The van der Waals surface area contributed by atoms with Crippen molar-refractivity contribution in [1.82, 2.24) is 10.2 Å².